The number of amides is 1. The smallest absolute Gasteiger partial charge is 0.257 e. The van der Waals surface area contributed by atoms with Gasteiger partial charge < -0.3 is 10.6 Å². The molecule has 0 radical (unpaired) electrons. The van der Waals surface area contributed by atoms with E-state index in [2.05, 4.69) is 32.7 Å². The van der Waals surface area contributed by atoms with E-state index in [1.807, 2.05) is 39.0 Å². The molecule has 2 aromatic heterocycles. The molecule has 0 spiro atoms. The summed E-state index contributed by atoms with van der Waals surface area (Å²) in [6, 6.07) is 9.82. The van der Waals surface area contributed by atoms with Gasteiger partial charge in [0.1, 0.15) is 0 Å². The minimum Gasteiger partial charge on any atom is -0.380 e. The van der Waals surface area contributed by atoms with Crippen LogP contribution < -0.4 is 10.6 Å². The van der Waals surface area contributed by atoms with Gasteiger partial charge in [-0.15, -0.1) is 0 Å². The molecule has 0 aliphatic heterocycles. The highest BCUT2D eigenvalue weighted by Gasteiger charge is 2.11. The average Bonchev–Trinajstić information content (AvgIpc) is 2.64. The van der Waals surface area contributed by atoms with Crippen molar-refractivity contribution in [2.45, 2.75) is 27.3 Å². The summed E-state index contributed by atoms with van der Waals surface area (Å²) in [6.07, 6.45) is 6.79. The summed E-state index contributed by atoms with van der Waals surface area (Å²) >= 11 is 0. The number of nitrogens with one attached hydrogen (secondary N) is 2. The van der Waals surface area contributed by atoms with E-state index in [-0.39, 0.29) is 5.91 Å². The van der Waals surface area contributed by atoms with Gasteiger partial charge in [-0.25, -0.2) is 0 Å². The van der Waals surface area contributed by atoms with Crippen LogP contribution in [0.3, 0.4) is 0 Å². The van der Waals surface area contributed by atoms with Gasteiger partial charge in [-0.1, -0.05) is 17.7 Å². The molecule has 0 unspecified atom stereocenters. The van der Waals surface area contributed by atoms with Crippen LogP contribution in [0.1, 0.15) is 32.6 Å². The molecule has 1 amide bonds. The van der Waals surface area contributed by atoms with E-state index in [1.165, 1.54) is 5.56 Å². The Kier molecular flexibility index (Phi) is 5.27. The van der Waals surface area contributed by atoms with Crippen LogP contribution >= 0.6 is 0 Å². The number of aromatic nitrogens is 2. The van der Waals surface area contributed by atoms with Crippen molar-refractivity contribution < 1.29 is 4.79 Å². The lowest BCUT2D eigenvalue weighted by Crippen LogP contribution is -2.14. The zero-order valence-electron chi connectivity index (χ0n) is 15.2. The van der Waals surface area contributed by atoms with Crippen LogP contribution in [0, 0.1) is 20.8 Å². The van der Waals surface area contributed by atoms with Crippen LogP contribution in [0.15, 0.2) is 55.1 Å². The molecule has 0 saturated heterocycles. The monoisotopic (exact) mass is 346 g/mol. The number of carbonyl (C=O) groups excluding carboxylic acids is 1. The minimum absolute atomic E-state index is 0.167. The number of rotatable bonds is 5. The number of hydrogen-bond donors (Lipinski definition) is 2. The van der Waals surface area contributed by atoms with Crippen LogP contribution in [-0.4, -0.2) is 15.9 Å². The van der Waals surface area contributed by atoms with Crippen LogP contribution in [0.5, 0.6) is 0 Å². The standard InChI is InChI=1S/C21H22N4O/c1-14-8-15(2)20(16(3)9-14)25-21(26)18-10-19(13-23-12-18)24-11-17-4-6-22-7-5-17/h4-10,12-13,24H,11H2,1-3H3,(H,25,26). The van der Waals surface area contributed by atoms with Crippen LogP contribution in [0.2, 0.25) is 0 Å². The highest BCUT2D eigenvalue weighted by atomic mass is 16.1. The van der Waals surface area contributed by atoms with Crippen LogP contribution in [0.25, 0.3) is 0 Å². The lowest BCUT2D eigenvalue weighted by atomic mass is 10.0. The summed E-state index contributed by atoms with van der Waals surface area (Å²) in [6.45, 7) is 6.69. The zero-order chi connectivity index (χ0) is 18.5. The van der Waals surface area contributed by atoms with E-state index >= 15 is 0 Å². The van der Waals surface area contributed by atoms with Gasteiger partial charge in [0.05, 0.1) is 11.3 Å². The molecule has 1 aromatic carbocycles. The molecule has 26 heavy (non-hydrogen) atoms. The molecule has 0 aliphatic rings. The predicted octanol–water partition coefficient (Wildman–Crippen LogP) is 4.27. The molecule has 2 N–H and O–H groups in total. The van der Waals surface area contributed by atoms with Crippen molar-refractivity contribution in [2.75, 3.05) is 10.6 Å². The molecule has 3 aromatic rings. The number of pyridine rings is 2. The fraction of sp³-hybridized carbons (Fsp3) is 0.190. The van der Waals surface area contributed by atoms with Crippen molar-refractivity contribution in [3.63, 3.8) is 0 Å². The molecule has 0 bridgehead atoms. The Morgan fingerprint density at radius 3 is 2.35 bits per heavy atom. The highest BCUT2D eigenvalue weighted by Crippen LogP contribution is 2.23. The fourth-order valence-corrected chi connectivity index (χ4v) is 2.93. The molecule has 3 rings (SSSR count). The van der Waals surface area contributed by atoms with Gasteiger partial charge >= 0.3 is 0 Å². The Bertz CT molecular complexity index is 899. The van der Waals surface area contributed by atoms with Gasteiger partial charge in [-0.2, -0.15) is 0 Å². The minimum atomic E-state index is -0.167. The van der Waals surface area contributed by atoms with Crippen molar-refractivity contribution in [2.24, 2.45) is 0 Å². The van der Waals surface area contributed by atoms with Crippen molar-refractivity contribution in [3.8, 4) is 0 Å². The molecular weight excluding hydrogens is 324 g/mol. The second-order valence-corrected chi connectivity index (χ2v) is 6.40. The highest BCUT2D eigenvalue weighted by molar-refractivity contribution is 6.05. The Hall–Kier alpha value is -3.21. The number of nitrogens with zero attached hydrogens (tertiary/aromatic N) is 2. The summed E-state index contributed by atoms with van der Waals surface area (Å²) < 4.78 is 0. The molecule has 0 saturated carbocycles. The lowest BCUT2D eigenvalue weighted by molar-refractivity contribution is 0.102. The maximum atomic E-state index is 12.6. The van der Waals surface area contributed by atoms with Crippen molar-refractivity contribution >= 4 is 17.3 Å². The fourth-order valence-electron chi connectivity index (χ4n) is 2.93. The van der Waals surface area contributed by atoms with E-state index < -0.39 is 0 Å². The van der Waals surface area contributed by atoms with Gasteiger partial charge in [0, 0.05) is 37.0 Å². The van der Waals surface area contributed by atoms with Gasteiger partial charge in [0.25, 0.3) is 5.91 Å². The number of anilines is 2. The molecular formula is C21H22N4O. The summed E-state index contributed by atoms with van der Waals surface area (Å²) in [7, 11) is 0. The molecule has 132 valence electrons. The molecule has 5 heteroatoms. The van der Waals surface area contributed by atoms with Crippen molar-refractivity contribution in [1.29, 1.82) is 0 Å². The normalized spacial score (nSPS) is 10.4. The average molecular weight is 346 g/mol. The Labute approximate surface area is 153 Å². The van der Waals surface area contributed by atoms with E-state index in [0.717, 1.165) is 28.1 Å². The number of benzene rings is 1. The lowest BCUT2D eigenvalue weighted by Gasteiger charge is -2.13. The van der Waals surface area contributed by atoms with Crippen molar-refractivity contribution in [1.82, 2.24) is 9.97 Å². The summed E-state index contributed by atoms with van der Waals surface area (Å²) in [5.41, 5.74) is 6.57. The van der Waals surface area contributed by atoms with Gasteiger partial charge in [-0.3, -0.25) is 14.8 Å². The third kappa shape index (κ3) is 4.25. The third-order valence-electron chi connectivity index (χ3n) is 4.16. The molecule has 0 fully saturated rings. The van der Waals surface area contributed by atoms with Crippen LogP contribution in [0.4, 0.5) is 11.4 Å². The third-order valence-corrected chi connectivity index (χ3v) is 4.16. The first kappa shape index (κ1) is 17.6. The van der Waals surface area contributed by atoms with Crippen LogP contribution in [-0.2, 0) is 6.54 Å². The predicted molar refractivity (Wildman–Crippen MR) is 104 cm³/mol. The summed E-state index contributed by atoms with van der Waals surface area (Å²) in [5.74, 6) is -0.167. The van der Waals surface area contributed by atoms with E-state index in [9.17, 15) is 4.79 Å². The topological polar surface area (TPSA) is 66.9 Å². The van der Waals surface area contributed by atoms with Crippen molar-refractivity contribution in [3.05, 3.63) is 82.9 Å². The second kappa shape index (κ2) is 7.78. The molecule has 0 aliphatic carbocycles. The maximum absolute atomic E-state index is 12.6. The first-order valence-electron chi connectivity index (χ1n) is 8.50. The van der Waals surface area contributed by atoms with E-state index in [1.54, 1.807) is 24.8 Å². The quantitative estimate of drug-likeness (QED) is 0.724. The maximum Gasteiger partial charge on any atom is 0.257 e. The first-order valence-corrected chi connectivity index (χ1v) is 8.50. The Balaban J connectivity index is 1.72. The van der Waals surface area contributed by atoms with E-state index in [4.69, 9.17) is 0 Å². The number of aryl methyl sites for hydroxylation is 3. The van der Waals surface area contributed by atoms with Gasteiger partial charge in [0.2, 0.25) is 0 Å². The Morgan fingerprint density at radius 2 is 1.65 bits per heavy atom. The Morgan fingerprint density at radius 1 is 0.962 bits per heavy atom. The zero-order valence-corrected chi connectivity index (χ0v) is 15.2. The second-order valence-electron chi connectivity index (χ2n) is 6.40. The molecule has 0 atom stereocenters. The SMILES string of the molecule is Cc1cc(C)c(NC(=O)c2cncc(NCc3ccncc3)c2)c(C)c1. The number of hydrogen-bond acceptors (Lipinski definition) is 4. The molecule has 5 nitrogen and oxygen atoms in total. The van der Waals surface area contributed by atoms with Gasteiger partial charge in [0.15, 0.2) is 0 Å². The first-order chi connectivity index (χ1) is 12.5. The summed E-state index contributed by atoms with van der Waals surface area (Å²) in [4.78, 5) is 20.8. The number of carbonyl (C=O) groups is 1. The largest absolute Gasteiger partial charge is 0.380 e. The summed E-state index contributed by atoms with van der Waals surface area (Å²) in [5, 5.41) is 6.29. The van der Waals surface area contributed by atoms with Gasteiger partial charge in [-0.05, 0) is 55.7 Å². The van der Waals surface area contributed by atoms with E-state index in [0.29, 0.717) is 12.1 Å². The molecule has 2 heterocycles.